The van der Waals surface area contributed by atoms with Crippen molar-refractivity contribution in [3.63, 3.8) is 0 Å². The Bertz CT molecular complexity index is 2420. The normalized spacial score (nSPS) is 15.8. The number of anilines is 2. The minimum Gasteiger partial charge on any atom is -0.453 e. The number of piperidine rings is 1. The number of hydrogen-bond acceptors (Lipinski definition) is 10. The van der Waals surface area contributed by atoms with Crippen molar-refractivity contribution in [2.75, 3.05) is 56.7 Å². The molecule has 56 heavy (non-hydrogen) atoms. The molecule has 3 aromatic carbocycles. The van der Waals surface area contributed by atoms with E-state index < -0.39 is 17.7 Å². The highest BCUT2D eigenvalue weighted by molar-refractivity contribution is 6.09. The monoisotopic (exact) mass is 767 g/mol. The molecule has 0 unspecified atom stereocenters. The first-order valence-electron chi connectivity index (χ1n) is 18.6. The lowest BCUT2D eigenvalue weighted by molar-refractivity contribution is -0.120. The number of aryl methyl sites for hydroxylation is 2. The molecule has 2 aliphatic heterocycles. The van der Waals surface area contributed by atoms with Gasteiger partial charge in [0.15, 0.2) is 17.4 Å². The average Bonchev–Trinajstić information content (AvgIpc) is 3.50. The minimum atomic E-state index is -0.676. The fourth-order valence-corrected chi connectivity index (χ4v) is 7.71. The lowest BCUT2D eigenvalue weighted by atomic mass is 10.0. The van der Waals surface area contributed by atoms with Crippen LogP contribution in [0.3, 0.4) is 0 Å². The van der Waals surface area contributed by atoms with Crippen molar-refractivity contribution >= 4 is 45.2 Å². The number of carbonyl (C=O) groups is 2. The number of carbonyl (C=O) groups excluding carboxylic acids is 2. The van der Waals surface area contributed by atoms with Gasteiger partial charge in [-0.05, 0) is 88.2 Å². The SMILES string of the molecule is COC[C@H](CCCN(C)C1CCN(c2cc3c(cc2F)c(N2CCC(=O)NC2=O)nn3C)CC1)n1cnc2ccc(Oc3c(F)ccc(C)c3C#N)cc2c1=O. The number of nitrogens with zero attached hydrogens (tertiary/aromatic N) is 8. The van der Waals surface area contributed by atoms with E-state index in [9.17, 15) is 24.0 Å². The van der Waals surface area contributed by atoms with Crippen molar-refractivity contribution in [2.45, 2.75) is 51.1 Å². The molecule has 2 fully saturated rings. The number of benzene rings is 3. The van der Waals surface area contributed by atoms with E-state index in [0.29, 0.717) is 65.0 Å². The van der Waals surface area contributed by atoms with Crippen molar-refractivity contribution in [1.82, 2.24) is 29.5 Å². The van der Waals surface area contributed by atoms with Gasteiger partial charge in [-0.2, -0.15) is 10.4 Å². The fourth-order valence-electron chi connectivity index (χ4n) is 7.71. The Morgan fingerprint density at radius 1 is 1.05 bits per heavy atom. The highest BCUT2D eigenvalue weighted by atomic mass is 19.1. The molecule has 0 spiro atoms. The molecule has 3 amide bonds. The maximum absolute atomic E-state index is 15.7. The molecule has 0 saturated carbocycles. The standard InChI is InChI=1S/C40H43F2N9O5/c1-24-7-9-31(41)37(30(24)21-43)56-27-8-10-33-28(18-27)39(53)51(23-44-33)26(22-55-4)6-5-14-47(2)25-11-15-49(16-12-25)35-20-34-29(19-32(35)42)38(46-48(34)3)50-17-13-36(52)45-40(50)54/h7-10,18-20,23,25-26H,5-6,11-17,22H2,1-4H3,(H,45,52,54)/t26-/m0/s1. The number of nitriles is 1. The van der Waals surface area contributed by atoms with Crippen LogP contribution in [0.4, 0.5) is 25.1 Å². The smallest absolute Gasteiger partial charge is 0.329 e. The molecular formula is C40H43F2N9O5. The summed E-state index contributed by atoms with van der Waals surface area (Å²) in [7, 11) is 5.42. The average molecular weight is 768 g/mol. The van der Waals surface area contributed by atoms with Crippen LogP contribution in [-0.4, -0.2) is 89.2 Å². The second-order valence-corrected chi connectivity index (χ2v) is 14.4. The minimum absolute atomic E-state index is 0.0861. The van der Waals surface area contributed by atoms with E-state index in [1.54, 1.807) is 48.5 Å². The van der Waals surface area contributed by atoms with Crippen LogP contribution < -0.4 is 25.4 Å². The van der Waals surface area contributed by atoms with E-state index in [-0.39, 0.29) is 53.6 Å². The Hall–Kier alpha value is -5.92. The van der Waals surface area contributed by atoms with Crippen LogP contribution in [0.25, 0.3) is 21.8 Å². The zero-order chi connectivity index (χ0) is 39.7. The van der Waals surface area contributed by atoms with Crippen LogP contribution in [0.15, 0.2) is 53.6 Å². The molecule has 5 aromatic rings. The number of hydrogen-bond donors (Lipinski definition) is 1. The highest BCUT2D eigenvalue weighted by Gasteiger charge is 2.30. The number of fused-ring (bicyclic) bond motifs is 2. The Balaban J connectivity index is 0.980. The number of methoxy groups -OCH3 is 1. The maximum Gasteiger partial charge on any atom is 0.329 e. The van der Waals surface area contributed by atoms with Gasteiger partial charge < -0.3 is 19.3 Å². The number of ether oxygens (including phenoxy) is 2. The molecule has 0 bridgehead atoms. The molecule has 14 nitrogen and oxygen atoms in total. The molecule has 292 valence electrons. The first kappa shape index (κ1) is 38.4. The van der Waals surface area contributed by atoms with Gasteiger partial charge in [0.1, 0.15) is 23.2 Å². The number of urea groups is 1. The van der Waals surface area contributed by atoms with Crippen molar-refractivity contribution in [3.8, 4) is 17.6 Å². The molecule has 4 heterocycles. The number of nitrogens with one attached hydrogen (secondary N) is 1. The van der Waals surface area contributed by atoms with E-state index in [4.69, 9.17) is 9.47 Å². The molecule has 2 aliphatic rings. The molecule has 7 rings (SSSR count). The second-order valence-electron chi connectivity index (χ2n) is 14.4. The van der Waals surface area contributed by atoms with E-state index >= 15 is 4.39 Å². The lowest BCUT2D eigenvalue weighted by Crippen LogP contribution is -2.49. The number of amides is 3. The third-order valence-corrected chi connectivity index (χ3v) is 10.8. The number of imide groups is 1. The number of aromatic nitrogens is 4. The van der Waals surface area contributed by atoms with Crippen molar-refractivity contribution < 1.29 is 27.8 Å². The Morgan fingerprint density at radius 3 is 2.57 bits per heavy atom. The molecule has 0 radical (unpaired) electrons. The van der Waals surface area contributed by atoms with E-state index in [1.807, 2.05) is 11.0 Å². The maximum atomic E-state index is 15.7. The van der Waals surface area contributed by atoms with Gasteiger partial charge in [0, 0.05) is 51.6 Å². The second kappa shape index (κ2) is 16.0. The molecule has 0 aliphatic carbocycles. The van der Waals surface area contributed by atoms with Crippen molar-refractivity contribution in [1.29, 1.82) is 5.26 Å². The third kappa shape index (κ3) is 7.52. The molecule has 2 aromatic heterocycles. The predicted molar refractivity (Wildman–Crippen MR) is 206 cm³/mol. The number of rotatable bonds is 12. The fraction of sp³-hybridized carbons (Fsp3) is 0.400. The number of halogens is 2. The molecule has 1 N–H and O–H groups in total. The van der Waals surface area contributed by atoms with E-state index in [0.717, 1.165) is 25.8 Å². The summed E-state index contributed by atoms with van der Waals surface area (Å²) in [6, 6.07) is 12.1. The molecule has 16 heteroatoms. The summed E-state index contributed by atoms with van der Waals surface area (Å²) < 4.78 is 44.9. The van der Waals surface area contributed by atoms with Gasteiger partial charge in [-0.15, -0.1) is 0 Å². The van der Waals surface area contributed by atoms with Crippen LogP contribution in [0.1, 0.15) is 49.3 Å². The first-order chi connectivity index (χ1) is 27.0. The van der Waals surface area contributed by atoms with Crippen LogP contribution in [0, 0.1) is 29.9 Å². The Kier molecular flexibility index (Phi) is 11.0. The molecular weight excluding hydrogens is 724 g/mol. The molecule has 1 atom stereocenters. The van der Waals surface area contributed by atoms with Crippen LogP contribution in [-0.2, 0) is 16.6 Å². The quantitative estimate of drug-likeness (QED) is 0.171. The van der Waals surface area contributed by atoms with Crippen molar-refractivity contribution in [3.05, 3.63) is 81.9 Å². The van der Waals surface area contributed by atoms with Crippen LogP contribution >= 0.6 is 0 Å². The van der Waals surface area contributed by atoms with E-state index in [1.165, 1.54) is 35.5 Å². The van der Waals surface area contributed by atoms with Crippen LogP contribution in [0.5, 0.6) is 11.5 Å². The van der Waals surface area contributed by atoms with Gasteiger partial charge in [-0.3, -0.25) is 29.1 Å². The predicted octanol–water partition coefficient (Wildman–Crippen LogP) is 5.55. The summed E-state index contributed by atoms with van der Waals surface area (Å²) in [6.45, 7) is 4.25. The van der Waals surface area contributed by atoms with Gasteiger partial charge in [0.2, 0.25) is 5.91 Å². The summed E-state index contributed by atoms with van der Waals surface area (Å²) in [5, 5.41) is 17.2. The van der Waals surface area contributed by atoms with Crippen molar-refractivity contribution in [2.24, 2.45) is 7.05 Å². The van der Waals surface area contributed by atoms with Gasteiger partial charge in [0.05, 0.1) is 41.1 Å². The third-order valence-electron chi connectivity index (χ3n) is 10.8. The zero-order valence-corrected chi connectivity index (χ0v) is 31.7. The summed E-state index contributed by atoms with van der Waals surface area (Å²) in [5.41, 5.74) is 2.01. The largest absolute Gasteiger partial charge is 0.453 e. The topological polar surface area (TPSA) is 151 Å². The summed E-state index contributed by atoms with van der Waals surface area (Å²) >= 11 is 0. The first-order valence-corrected chi connectivity index (χ1v) is 18.6. The summed E-state index contributed by atoms with van der Waals surface area (Å²) in [5.74, 6) is -1.08. The van der Waals surface area contributed by atoms with Gasteiger partial charge in [-0.25, -0.2) is 18.6 Å². The Morgan fingerprint density at radius 2 is 1.84 bits per heavy atom. The lowest BCUT2D eigenvalue weighted by Gasteiger charge is -2.38. The molecule has 2 saturated heterocycles. The van der Waals surface area contributed by atoms with Gasteiger partial charge >= 0.3 is 6.03 Å². The highest BCUT2D eigenvalue weighted by Crippen LogP contribution is 2.35. The Labute approximate surface area is 321 Å². The summed E-state index contributed by atoms with van der Waals surface area (Å²) in [6.07, 6.45) is 4.75. The zero-order valence-electron chi connectivity index (χ0n) is 31.7. The van der Waals surface area contributed by atoms with Crippen LogP contribution in [0.2, 0.25) is 0 Å². The van der Waals surface area contributed by atoms with Gasteiger partial charge in [0.25, 0.3) is 5.56 Å². The summed E-state index contributed by atoms with van der Waals surface area (Å²) in [4.78, 5) is 48.2. The van der Waals surface area contributed by atoms with Gasteiger partial charge in [-0.1, -0.05) is 6.07 Å². The van der Waals surface area contributed by atoms with E-state index in [2.05, 4.69) is 27.3 Å².